The van der Waals surface area contributed by atoms with Gasteiger partial charge in [-0.2, -0.15) is 0 Å². The first-order valence-electron chi connectivity index (χ1n) is 5.41. The van der Waals surface area contributed by atoms with Crippen LogP contribution in [0.3, 0.4) is 0 Å². The summed E-state index contributed by atoms with van der Waals surface area (Å²) < 4.78 is 0. The molecule has 1 unspecified atom stereocenters. The highest BCUT2D eigenvalue weighted by Gasteiger charge is 2.15. The van der Waals surface area contributed by atoms with Crippen LogP contribution in [0.5, 0.6) is 0 Å². The molecule has 0 aliphatic rings. The van der Waals surface area contributed by atoms with Gasteiger partial charge in [0.1, 0.15) is 11.9 Å². The van der Waals surface area contributed by atoms with Crippen LogP contribution in [-0.4, -0.2) is 15.1 Å². The van der Waals surface area contributed by atoms with Gasteiger partial charge in [-0.05, 0) is 37.6 Å². The van der Waals surface area contributed by atoms with Gasteiger partial charge in [0.25, 0.3) is 0 Å². The zero-order chi connectivity index (χ0) is 12.4. The second-order valence-electron chi connectivity index (χ2n) is 4.09. The van der Waals surface area contributed by atoms with E-state index in [0.29, 0.717) is 17.1 Å². The molecule has 2 aromatic rings. The van der Waals surface area contributed by atoms with Crippen molar-refractivity contribution in [3.05, 3.63) is 53.0 Å². The average Bonchev–Trinajstić information content (AvgIpc) is 2.31. The number of aliphatic hydroxyl groups excluding tert-OH is 1. The summed E-state index contributed by atoms with van der Waals surface area (Å²) in [5.74, 6) is 0.339. The number of rotatable bonds is 2. The molecule has 0 radical (unpaired) electrons. The summed E-state index contributed by atoms with van der Waals surface area (Å²) in [7, 11) is 0. The third-order valence-corrected chi connectivity index (χ3v) is 2.57. The minimum Gasteiger partial charge on any atom is -0.383 e. The Balaban J connectivity index is 2.43. The highest BCUT2D eigenvalue weighted by Crippen LogP contribution is 2.24. The van der Waals surface area contributed by atoms with Crippen molar-refractivity contribution < 1.29 is 5.11 Å². The fourth-order valence-electron chi connectivity index (χ4n) is 1.70. The number of hydrogen-bond donors (Lipinski definition) is 2. The lowest BCUT2D eigenvalue weighted by Gasteiger charge is -2.13. The van der Waals surface area contributed by atoms with Crippen LogP contribution in [0, 0.1) is 13.8 Å². The van der Waals surface area contributed by atoms with Crippen LogP contribution >= 0.6 is 0 Å². The van der Waals surface area contributed by atoms with Crippen LogP contribution in [0.15, 0.2) is 30.5 Å². The van der Waals surface area contributed by atoms with Gasteiger partial charge in [-0.15, -0.1) is 0 Å². The smallest absolute Gasteiger partial charge is 0.129 e. The highest BCUT2D eigenvalue weighted by molar-refractivity contribution is 5.45. The predicted molar refractivity (Wildman–Crippen MR) is 66.4 cm³/mol. The molecule has 88 valence electrons. The topological polar surface area (TPSA) is 72.0 Å². The van der Waals surface area contributed by atoms with Gasteiger partial charge in [-0.3, -0.25) is 4.98 Å². The Labute approximate surface area is 100 Å². The van der Waals surface area contributed by atoms with E-state index in [0.717, 1.165) is 11.3 Å². The Morgan fingerprint density at radius 2 is 2.06 bits per heavy atom. The average molecular weight is 229 g/mol. The molecule has 2 heterocycles. The molecule has 4 nitrogen and oxygen atoms in total. The predicted octanol–water partition coefficient (Wildman–Crippen LogP) is 1.76. The second kappa shape index (κ2) is 4.51. The first-order valence-corrected chi connectivity index (χ1v) is 5.41. The number of anilines is 1. The van der Waals surface area contributed by atoms with Crippen LogP contribution in [0.2, 0.25) is 0 Å². The van der Waals surface area contributed by atoms with Gasteiger partial charge in [0.15, 0.2) is 0 Å². The van der Waals surface area contributed by atoms with Gasteiger partial charge in [-0.25, -0.2) is 4.98 Å². The maximum Gasteiger partial charge on any atom is 0.129 e. The second-order valence-corrected chi connectivity index (χ2v) is 4.09. The van der Waals surface area contributed by atoms with Crippen LogP contribution in [-0.2, 0) is 0 Å². The SMILES string of the molecule is Cc1cnc(N)c(C(O)c2cccc(C)n2)c1. The molecule has 0 saturated heterocycles. The van der Waals surface area contributed by atoms with Gasteiger partial charge < -0.3 is 10.8 Å². The quantitative estimate of drug-likeness (QED) is 0.823. The summed E-state index contributed by atoms with van der Waals surface area (Å²) in [4.78, 5) is 8.32. The molecule has 0 aliphatic heterocycles. The van der Waals surface area contributed by atoms with Crippen LogP contribution in [0.4, 0.5) is 5.82 Å². The zero-order valence-electron chi connectivity index (χ0n) is 9.88. The standard InChI is InChI=1S/C13H15N3O/c1-8-6-10(13(14)15-7-8)12(17)11-5-3-4-9(2)16-11/h3-7,12,17H,1-2H3,(H2,14,15). The number of nitrogen functional groups attached to an aromatic ring is 1. The monoisotopic (exact) mass is 229 g/mol. The Bertz CT molecular complexity index is 540. The van der Waals surface area contributed by atoms with Crippen molar-refractivity contribution >= 4 is 5.82 Å². The van der Waals surface area contributed by atoms with Crippen LogP contribution < -0.4 is 5.73 Å². The van der Waals surface area contributed by atoms with E-state index in [4.69, 9.17) is 5.73 Å². The Morgan fingerprint density at radius 3 is 2.76 bits per heavy atom. The highest BCUT2D eigenvalue weighted by atomic mass is 16.3. The first-order chi connectivity index (χ1) is 8.08. The molecule has 0 aromatic carbocycles. The van der Waals surface area contributed by atoms with E-state index >= 15 is 0 Å². The molecular weight excluding hydrogens is 214 g/mol. The minimum absolute atomic E-state index is 0.339. The fourth-order valence-corrected chi connectivity index (χ4v) is 1.70. The van der Waals surface area contributed by atoms with E-state index in [2.05, 4.69) is 9.97 Å². The molecule has 0 spiro atoms. The molecule has 0 aliphatic carbocycles. The largest absolute Gasteiger partial charge is 0.383 e. The summed E-state index contributed by atoms with van der Waals surface area (Å²) in [6.45, 7) is 3.79. The number of pyridine rings is 2. The molecule has 3 N–H and O–H groups in total. The van der Waals surface area contributed by atoms with Gasteiger partial charge in [0, 0.05) is 17.5 Å². The summed E-state index contributed by atoms with van der Waals surface area (Å²) in [5, 5.41) is 10.2. The molecule has 2 rings (SSSR count). The molecule has 17 heavy (non-hydrogen) atoms. The van der Waals surface area contributed by atoms with Crippen molar-refractivity contribution in [3.63, 3.8) is 0 Å². The lowest BCUT2D eigenvalue weighted by Crippen LogP contribution is -2.08. The number of aromatic nitrogens is 2. The summed E-state index contributed by atoms with van der Waals surface area (Å²) in [6.07, 6.45) is 0.845. The minimum atomic E-state index is -0.831. The molecule has 0 amide bonds. The first kappa shape index (κ1) is 11.5. The van der Waals surface area contributed by atoms with E-state index < -0.39 is 6.10 Å². The maximum absolute atomic E-state index is 10.2. The van der Waals surface area contributed by atoms with Crippen molar-refractivity contribution in [2.24, 2.45) is 0 Å². The fraction of sp³-hybridized carbons (Fsp3) is 0.231. The molecule has 0 saturated carbocycles. The Kier molecular flexibility index (Phi) is 3.06. The van der Waals surface area contributed by atoms with Crippen molar-refractivity contribution in [2.75, 3.05) is 5.73 Å². The van der Waals surface area contributed by atoms with E-state index in [1.165, 1.54) is 0 Å². The molecular formula is C13H15N3O. The van der Waals surface area contributed by atoms with Crippen molar-refractivity contribution in [2.45, 2.75) is 20.0 Å². The molecule has 1 atom stereocenters. The van der Waals surface area contributed by atoms with E-state index in [9.17, 15) is 5.11 Å². The number of aryl methyl sites for hydroxylation is 2. The summed E-state index contributed by atoms with van der Waals surface area (Å²) >= 11 is 0. The third kappa shape index (κ3) is 2.42. The number of hydrogen-bond acceptors (Lipinski definition) is 4. The van der Waals surface area contributed by atoms with Crippen molar-refractivity contribution in [1.82, 2.24) is 9.97 Å². The molecule has 0 bridgehead atoms. The Morgan fingerprint density at radius 1 is 1.29 bits per heavy atom. The van der Waals surface area contributed by atoms with Gasteiger partial charge >= 0.3 is 0 Å². The third-order valence-electron chi connectivity index (χ3n) is 2.57. The number of nitrogens with two attached hydrogens (primary N) is 1. The lowest BCUT2D eigenvalue weighted by atomic mass is 10.1. The molecule has 2 aromatic heterocycles. The van der Waals surface area contributed by atoms with Crippen molar-refractivity contribution in [3.8, 4) is 0 Å². The lowest BCUT2D eigenvalue weighted by molar-refractivity contribution is 0.215. The van der Waals surface area contributed by atoms with Gasteiger partial charge in [0.05, 0.1) is 5.69 Å². The number of nitrogens with zero attached hydrogens (tertiary/aromatic N) is 2. The summed E-state index contributed by atoms with van der Waals surface area (Å²) in [5.41, 5.74) is 8.78. The van der Waals surface area contributed by atoms with E-state index in [1.807, 2.05) is 32.0 Å². The maximum atomic E-state index is 10.2. The normalized spacial score (nSPS) is 12.4. The van der Waals surface area contributed by atoms with E-state index in [1.54, 1.807) is 12.3 Å². The number of aliphatic hydroxyl groups is 1. The zero-order valence-corrected chi connectivity index (χ0v) is 9.88. The van der Waals surface area contributed by atoms with Gasteiger partial charge in [0.2, 0.25) is 0 Å². The summed E-state index contributed by atoms with van der Waals surface area (Å²) in [6, 6.07) is 7.35. The molecule has 0 fully saturated rings. The van der Waals surface area contributed by atoms with Crippen LogP contribution in [0.25, 0.3) is 0 Å². The Hall–Kier alpha value is -1.94. The molecule has 4 heteroatoms. The van der Waals surface area contributed by atoms with Gasteiger partial charge in [-0.1, -0.05) is 6.07 Å². The van der Waals surface area contributed by atoms with E-state index in [-0.39, 0.29) is 0 Å². The van der Waals surface area contributed by atoms with Crippen LogP contribution in [0.1, 0.15) is 28.6 Å². The van der Waals surface area contributed by atoms with Crippen molar-refractivity contribution in [1.29, 1.82) is 0 Å².